The zero-order chi connectivity index (χ0) is 13.8. The molecule has 2 rings (SSSR count). The van der Waals surface area contributed by atoms with Crippen molar-refractivity contribution >= 4 is 5.82 Å². The summed E-state index contributed by atoms with van der Waals surface area (Å²) in [7, 11) is 0. The molecule has 0 radical (unpaired) electrons. The fourth-order valence-electron chi connectivity index (χ4n) is 1.61. The van der Waals surface area contributed by atoms with Crippen LogP contribution >= 0.6 is 0 Å². The van der Waals surface area contributed by atoms with E-state index in [-0.39, 0.29) is 18.2 Å². The highest BCUT2D eigenvalue weighted by Gasteiger charge is 2.22. The monoisotopic (exact) mass is 267 g/mol. The average Bonchev–Trinajstić information content (AvgIpc) is 3.18. The summed E-state index contributed by atoms with van der Waals surface area (Å²) in [5.41, 5.74) is 0.551. The third-order valence-corrected chi connectivity index (χ3v) is 2.80. The maximum absolute atomic E-state index is 10.8. The Hall–Kier alpha value is -1.73. The molecular formula is C12H17N3O4. The fourth-order valence-corrected chi connectivity index (χ4v) is 1.61. The summed E-state index contributed by atoms with van der Waals surface area (Å²) < 4.78 is 5.27. The molecule has 1 saturated carbocycles. The first-order valence-electron chi connectivity index (χ1n) is 6.22. The number of nitrogens with zero attached hydrogens (tertiary/aromatic N) is 2. The molecule has 0 spiro atoms. The Labute approximate surface area is 110 Å². The second-order valence-corrected chi connectivity index (χ2v) is 4.68. The Balaban J connectivity index is 1.88. The van der Waals surface area contributed by atoms with Crippen LogP contribution in [0.3, 0.4) is 0 Å². The summed E-state index contributed by atoms with van der Waals surface area (Å²) in [5.74, 6) is -0.233. The van der Waals surface area contributed by atoms with Crippen LogP contribution in [0.25, 0.3) is 0 Å². The van der Waals surface area contributed by atoms with Gasteiger partial charge in [0.15, 0.2) is 0 Å². The van der Waals surface area contributed by atoms with Crippen LogP contribution in [0.4, 0.5) is 5.82 Å². The van der Waals surface area contributed by atoms with Crippen LogP contribution in [0, 0.1) is 17.0 Å². The third kappa shape index (κ3) is 4.15. The van der Waals surface area contributed by atoms with Crippen molar-refractivity contribution in [2.75, 3.05) is 13.2 Å². The fraction of sp³-hybridized carbons (Fsp3) is 0.583. The number of ether oxygens (including phenoxy) is 1. The van der Waals surface area contributed by atoms with E-state index < -0.39 is 11.0 Å². The molecule has 0 saturated heterocycles. The standard InChI is InChI=1S/C12H17N3O4/c1-8-2-5-11(12(14-8)15(17)18)19-7-10(16)6-13-9-3-4-9/h2,5,9-10,13,16H,3-4,6-7H2,1H3. The first kappa shape index (κ1) is 13.7. The molecule has 1 atom stereocenters. The molecule has 1 aromatic heterocycles. The molecule has 0 amide bonds. The number of aliphatic hydroxyl groups is 1. The predicted octanol–water partition coefficient (Wildman–Crippen LogP) is 0.790. The number of rotatable bonds is 7. The van der Waals surface area contributed by atoms with Crippen LogP contribution in [0.15, 0.2) is 12.1 Å². The summed E-state index contributed by atoms with van der Waals surface area (Å²) >= 11 is 0. The van der Waals surface area contributed by atoms with E-state index in [4.69, 9.17) is 4.74 Å². The lowest BCUT2D eigenvalue weighted by Gasteiger charge is -2.12. The molecule has 1 unspecified atom stereocenters. The summed E-state index contributed by atoms with van der Waals surface area (Å²) in [5, 5.41) is 23.7. The number of hydrogen-bond donors (Lipinski definition) is 2. The first-order valence-corrected chi connectivity index (χ1v) is 6.22. The number of hydrogen-bond acceptors (Lipinski definition) is 6. The lowest BCUT2D eigenvalue weighted by molar-refractivity contribution is -0.390. The highest BCUT2D eigenvalue weighted by molar-refractivity contribution is 5.40. The van der Waals surface area contributed by atoms with E-state index in [0.29, 0.717) is 18.3 Å². The third-order valence-electron chi connectivity index (χ3n) is 2.80. The molecule has 1 fully saturated rings. The van der Waals surface area contributed by atoms with Crippen molar-refractivity contribution in [3.05, 3.63) is 27.9 Å². The van der Waals surface area contributed by atoms with E-state index in [1.54, 1.807) is 13.0 Å². The van der Waals surface area contributed by atoms with Crippen molar-refractivity contribution < 1.29 is 14.8 Å². The predicted molar refractivity (Wildman–Crippen MR) is 68.2 cm³/mol. The van der Waals surface area contributed by atoms with E-state index in [0.717, 1.165) is 12.8 Å². The van der Waals surface area contributed by atoms with Gasteiger partial charge in [0.05, 0.1) is 0 Å². The van der Waals surface area contributed by atoms with E-state index in [1.165, 1.54) is 6.07 Å². The quantitative estimate of drug-likeness (QED) is 0.560. The Morgan fingerprint density at radius 1 is 1.63 bits per heavy atom. The normalized spacial score (nSPS) is 16.1. The minimum atomic E-state index is -0.693. The van der Waals surface area contributed by atoms with E-state index >= 15 is 0 Å². The van der Waals surface area contributed by atoms with Gasteiger partial charge in [-0.25, -0.2) is 0 Å². The van der Waals surface area contributed by atoms with E-state index in [1.807, 2.05) is 0 Å². The number of aliphatic hydroxyl groups excluding tert-OH is 1. The van der Waals surface area contributed by atoms with Gasteiger partial charge in [-0.05, 0) is 34.9 Å². The molecule has 7 nitrogen and oxygen atoms in total. The van der Waals surface area contributed by atoms with Crippen LogP contribution in [-0.2, 0) is 0 Å². The first-order chi connectivity index (χ1) is 9.06. The van der Waals surface area contributed by atoms with Crippen LogP contribution in [0.5, 0.6) is 5.75 Å². The van der Waals surface area contributed by atoms with Crippen molar-refractivity contribution in [1.29, 1.82) is 0 Å². The summed E-state index contributed by atoms with van der Waals surface area (Å²) in [6.07, 6.45) is 1.59. The number of aromatic nitrogens is 1. The lowest BCUT2D eigenvalue weighted by atomic mass is 10.3. The minimum absolute atomic E-state index is 0.00526. The lowest BCUT2D eigenvalue weighted by Crippen LogP contribution is -2.32. The molecule has 1 heterocycles. The molecule has 2 N–H and O–H groups in total. The van der Waals surface area contributed by atoms with E-state index in [9.17, 15) is 15.2 Å². The van der Waals surface area contributed by atoms with Crippen molar-refractivity contribution in [2.24, 2.45) is 0 Å². The van der Waals surface area contributed by atoms with Crippen LogP contribution in [0.2, 0.25) is 0 Å². The van der Waals surface area contributed by atoms with Crippen molar-refractivity contribution in [2.45, 2.75) is 31.9 Å². The van der Waals surface area contributed by atoms with Crippen molar-refractivity contribution in [3.63, 3.8) is 0 Å². The number of aryl methyl sites for hydroxylation is 1. The van der Waals surface area contributed by atoms with Gasteiger partial charge in [0.25, 0.3) is 0 Å². The second-order valence-electron chi connectivity index (χ2n) is 4.68. The number of pyridine rings is 1. The summed E-state index contributed by atoms with van der Waals surface area (Å²) in [4.78, 5) is 14.1. The molecule has 0 aromatic carbocycles. The highest BCUT2D eigenvalue weighted by atomic mass is 16.6. The van der Waals surface area contributed by atoms with Crippen molar-refractivity contribution in [1.82, 2.24) is 10.3 Å². The molecule has 104 valence electrons. The zero-order valence-electron chi connectivity index (χ0n) is 10.7. The number of nitro groups is 1. The smallest absolute Gasteiger partial charge is 0.406 e. The second kappa shape index (κ2) is 5.94. The Kier molecular flexibility index (Phi) is 4.28. The molecule has 1 aliphatic carbocycles. The maximum atomic E-state index is 10.8. The summed E-state index contributed by atoms with van der Waals surface area (Å²) in [6.45, 7) is 2.11. The number of nitrogens with one attached hydrogen (secondary N) is 1. The summed E-state index contributed by atoms with van der Waals surface area (Å²) in [6, 6.07) is 3.64. The molecule has 7 heteroatoms. The molecule has 1 aromatic rings. The minimum Gasteiger partial charge on any atom is -0.483 e. The maximum Gasteiger partial charge on any atom is 0.406 e. The Morgan fingerprint density at radius 3 is 3.00 bits per heavy atom. The molecule has 0 bridgehead atoms. The highest BCUT2D eigenvalue weighted by Crippen LogP contribution is 2.24. The molecule has 19 heavy (non-hydrogen) atoms. The van der Waals surface area contributed by atoms with Gasteiger partial charge in [-0.3, -0.25) is 0 Å². The molecule has 1 aliphatic rings. The van der Waals surface area contributed by atoms with Crippen molar-refractivity contribution in [3.8, 4) is 5.75 Å². The van der Waals surface area contributed by atoms with Gasteiger partial charge < -0.3 is 25.3 Å². The molecular weight excluding hydrogens is 250 g/mol. The van der Waals surface area contributed by atoms with E-state index in [2.05, 4.69) is 10.3 Å². The van der Waals surface area contributed by atoms with Gasteiger partial charge in [0.2, 0.25) is 5.75 Å². The largest absolute Gasteiger partial charge is 0.483 e. The van der Waals surface area contributed by atoms with Gasteiger partial charge in [0.1, 0.15) is 18.4 Å². The van der Waals surface area contributed by atoms with Gasteiger partial charge in [-0.2, -0.15) is 0 Å². The van der Waals surface area contributed by atoms with Gasteiger partial charge >= 0.3 is 5.82 Å². The topological polar surface area (TPSA) is 97.5 Å². The van der Waals surface area contributed by atoms with Gasteiger partial charge in [-0.15, -0.1) is 0 Å². The van der Waals surface area contributed by atoms with Gasteiger partial charge in [-0.1, -0.05) is 0 Å². The Morgan fingerprint density at radius 2 is 2.37 bits per heavy atom. The average molecular weight is 267 g/mol. The zero-order valence-corrected chi connectivity index (χ0v) is 10.7. The Bertz CT molecular complexity index is 462. The van der Waals surface area contributed by atoms with Gasteiger partial charge in [0, 0.05) is 19.5 Å². The van der Waals surface area contributed by atoms with Crippen LogP contribution in [0.1, 0.15) is 18.5 Å². The molecule has 0 aliphatic heterocycles. The van der Waals surface area contributed by atoms with Crippen LogP contribution < -0.4 is 10.1 Å². The SMILES string of the molecule is Cc1ccc(OCC(O)CNC2CC2)c([N+](=O)[O-])n1. The van der Waals surface area contributed by atoms with Crippen LogP contribution in [-0.4, -0.2) is 40.3 Å².